The molecule has 1 fully saturated rings. The van der Waals surface area contributed by atoms with Gasteiger partial charge in [0.05, 0.1) is 23.4 Å². The molecule has 2 heterocycles. The molecule has 1 saturated heterocycles. The lowest BCUT2D eigenvalue weighted by Crippen LogP contribution is -2.37. The van der Waals surface area contributed by atoms with E-state index in [2.05, 4.69) is 10.3 Å². The van der Waals surface area contributed by atoms with E-state index >= 15 is 0 Å². The number of aliphatic hydroxyl groups excluding tert-OH is 1. The first-order chi connectivity index (χ1) is 6.29. The summed E-state index contributed by atoms with van der Waals surface area (Å²) < 4.78 is 0. The maximum Gasteiger partial charge on any atom is 0.0798 e. The number of hydrogen-bond donors (Lipinski definition) is 2. The fraction of sp³-hybridized carbons (Fsp3) is 0.667. The maximum absolute atomic E-state index is 9.78. The maximum atomic E-state index is 9.78. The molecule has 3 nitrogen and oxygen atoms in total. The van der Waals surface area contributed by atoms with E-state index in [1.165, 1.54) is 4.88 Å². The highest BCUT2D eigenvalue weighted by Gasteiger charge is 2.26. The van der Waals surface area contributed by atoms with Crippen LogP contribution >= 0.6 is 11.3 Å². The number of aryl methyl sites for hydroxylation is 1. The Labute approximate surface area is 81.8 Å². The summed E-state index contributed by atoms with van der Waals surface area (Å²) in [4.78, 5) is 5.38. The molecule has 1 aromatic rings. The van der Waals surface area contributed by atoms with Gasteiger partial charge in [-0.15, -0.1) is 11.3 Å². The quantitative estimate of drug-likeness (QED) is 0.713. The number of aromatic nitrogens is 1. The summed E-state index contributed by atoms with van der Waals surface area (Å²) in [6.45, 7) is 2.99. The van der Waals surface area contributed by atoms with Gasteiger partial charge in [-0.1, -0.05) is 0 Å². The topological polar surface area (TPSA) is 45.2 Å². The SMILES string of the molecule is Cc1ncsc1C1NCCCC1O. The van der Waals surface area contributed by atoms with E-state index in [0.29, 0.717) is 0 Å². The molecule has 1 aromatic heterocycles. The Hall–Kier alpha value is -0.450. The van der Waals surface area contributed by atoms with Crippen molar-refractivity contribution in [1.82, 2.24) is 10.3 Å². The van der Waals surface area contributed by atoms with Gasteiger partial charge >= 0.3 is 0 Å². The van der Waals surface area contributed by atoms with Crippen molar-refractivity contribution < 1.29 is 5.11 Å². The van der Waals surface area contributed by atoms with E-state index in [1.54, 1.807) is 11.3 Å². The molecule has 0 amide bonds. The van der Waals surface area contributed by atoms with Gasteiger partial charge in [-0.2, -0.15) is 0 Å². The van der Waals surface area contributed by atoms with Crippen molar-refractivity contribution in [1.29, 1.82) is 0 Å². The van der Waals surface area contributed by atoms with E-state index in [9.17, 15) is 5.11 Å². The first-order valence-corrected chi connectivity index (χ1v) is 5.48. The van der Waals surface area contributed by atoms with Crippen LogP contribution < -0.4 is 5.32 Å². The summed E-state index contributed by atoms with van der Waals surface area (Å²) in [6.07, 6.45) is 1.72. The van der Waals surface area contributed by atoms with Gasteiger partial charge in [0.15, 0.2) is 0 Å². The Morgan fingerprint density at radius 3 is 3.15 bits per heavy atom. The minimum Gasteiger partial charge on any atom is -0.391 e. The van der Waals surface area contributed by atoms with Crippen LogP contribution in [0.1, 0.15) is 29.5 Å². The monoisotopic (exact) mass is 198 g/mol. The Kier molecular flexibility index (Phi) is 2.62. The van der Waals surface area contributed by atoms with Crippen LogP contribution in [0.2, 0.25) is 0 Å². The van der Waals surface area contributed by atoms with Crippen LogP contribution in [0.5, 0.6) is 0 Å². The van der Waals surface area contributed by atoms with E-state index < -0.39 is 0 Å². The molecule has 2 rings (SSSR count). The number of aliphatic hydroxyl groups is 1. The number of hydrogen-bond acceptors (Lipinski definition) is 4. The Bertz CT molecular complexity index is 287. The summed E-state index contributed by atoms with van der Waals surface area (Å²) >= 11 is 1.63. The number of nitrogens with zero attached hydrogens (tertiary/aromatic N) is 1. The smallest absolute Gasteiger partial charge is 0.0798 e. The molecular formula is C9H14N2OS. The van der Waals surface area contributed by atoms with E-state index in [1.807, 2.05) is 12.4 Å². The van der Waals surface area contributed by atoms with Crippen molar-refractivity contribution in [3.8, 4) is 0 Å². The summed E-state index contributed by atoms with van der Waals surface area (Å²) in [6, 6.07) is 0.112. The average molecular weight is 198 g/mol. The molecule has 2 unspecified atom stereocenters. The highest BCUT2D eigenvalue weighted by atomic mass is 32.1. The van der Waals surface area contributed by atoms with Crippen molar-refractivity contribution in [3.63, 3.8) is 0 Å². The highest BCUT2D eigenvalue weighted by molar-refractivity contribution is 7.09. The van der Waals surface area contributed by atoms with Crippen LogP contribution in [-0.2, 0) is 0 Å². The molecule has 13 heavy (non-hydrogen) atoms. The van der Waals surface area contributed by atoms with Gasteiger partial charge in [0.2, 0.25) is 0 Å². The summed E-state index contributed by atoms with van der Waals surface area (Å²) in [5, 5.41) is 13.1. The van der Waals surface area contributed by atoms with Gasteiger partial charge in [-0.3, -0.25) is 0 Å². The molecule has 1 aliphatic heterocycles. The molecular weight excluding hydrogens is 184 g/mol. The second-order valence-electron chi connectivity index (χ2n) is 3.44. The molecule has 0 saturated carbocycles. The number of piperidine rings is 1. The Morgan fingerprint density at radius 1 is 1.69 bits per heavy atom. The van der Waals surface area contributed by atoms with Crippen molar-refractivity contribution in [2.45, 2.75) is 31.9 Å². The largest absolute Gasteiger partial charge is 0.391 e. The third kappa shape index (κ3) is 1.75. The first-order valence-electron chi connectivity index (χ1n) is 4.60. The second-order valence-corrected chi connectivity index (χ2v) is 4.33. The summed E-state index contributed by atoms with van der Waals surface area (Å²) in [7, 11) is 0. The lowest BCUT2D eigenvalue weighted by Gasteiger charge is -2.28. The van der Waals surface area contributed by atoms with Crippen molar-refractivity contribution in [2.24, 2.45) is 0 Å². The van der Waals surface area contributed by atoms with Crippen LogP contribution in [-0.4, -0.2) is 22.7 Å². The number of thiazole rings is 1. The molecule has 72 valence electrons. The standard InChI is InChI=1S/C9H14N2OS/c1-6-9(13-5-11-6)8-7(12)3-2-4-10-8/h5,7-8,10,12H,2-4H2,1H3. The fourth-order valence-electron chi connectivity index (χ4n) is 1.75. The zero-order valence-corrected chi connectivity index (χ0v) is 8.47. The predicted molar refractivity (Wildman–Crippen MR) is 52.8 cm³/mol. The predicted octanol–water partition coefficient (Wildman–Crippen LogP) is 1.24. The van der Waals surface area contributed by atoms with Crippen molar-refractivity contribution >= 4 is 11.3 Å². The van der Waals surface area contributed by atoms with Crippen LogP contribution in [0.25, 0.3) is 0 Å². The highest BCUT2D eigenvalue weighted by Crippen LogP contribution is 2.28. The van der Waals surface area contributed by atoms with Crippen molar-refractivity contribution in [2.75, 3.05) is 6.54 Å². The average Bonchev–Trinajstić information content (AvgIpc) is 2.52. The number of nitrogens with one attached hydrogen (secondary N) is 1. The zero-order valence-electron chi connectivity index (χ0n) is 7.66. The molecule has 2 atom stereocenters. The fourth-order valence-corrected chi connectivity index (χ4v) is 2.68. The van der Waals surface area contributed by atoms with Gasteiger partial charge in [0, 0.05) is 4.88 Å². The van der Waals surface area contributed by atoms with Crippen LogP contribution in [0.4, 0.5) is 0 Å². The van der Waals surface area contributed by atoms with Gasteiger partial charge in [0.25, 0.3) is 0 Å². The second kappa shape index (κ2) is 3.74. The van der Waals surface area contributed by atoms with Gasteiger partial charge in [0.1, 0.15) is 0 Å². The molecule has 0 aromatic carbocycles. The van der Waals surface area contributed by atoms with Gasteiger partial charge in [-0.25, -0.2) is 4.98 Å². The van der Waals surface area contributed by atoms with E-state index in [4.69, 9.17) is 0 Å². The minimum absolute atomic E-state index is 0.112. The third-order valence-corrected chi connectivity index (χ3v) is 3.50. The number of rotatable bonds is 1. The Morgan fingerprint density at radius 2 is 2.54 bits per heavy atom. The van der Waals surface area contributed by atoms with Gasteiger partial charge in [-0.05, 0) is 26.3 Å². The zero-order chi connectivity index (χ0) is 9.26. The van der Waals surface area contributed by atoms with Crippen LogP contribution in [0.3, 0.4) is 0 Å². The van der Waals surface area contributed by atoms with Crippen LogP contribution in [0, 0.1) is 6.92 Å². The molecule has 2 N–H and O–H groups in total. The third-order valence-electron chi connectivity index (χ3n) is 2.49. The molecule has 0 radical (unpaired) electrons. The van der Waals surface area contributed by atoms with Crippen molar-refractivity contribution in [3.05, 3.63) is 16.1 Å². The Balaban J connectivity index is 2.19. The minimum atomic E-state index is -0.243. The molecule has 0 aliphatic carbocycles. The first kappa shape index (κ1) is 9.12. The molecule has 1 aliphatic rings. The lowest BCUT2D eigenvalue weighted by molar-refractivity contribution is 0.0976. The summed E-state index contributed by atoms with van der Waals surface area (Å²) in [5.41, 5.74) is 2.89. The molecule has 0 bridgehead atoms. The van der Waals surface area contributed by atoms with E-state index in [-0.39, 0.29) is 12.1 Å². The lowest BCUT2D eigenvalue weighted by atomic mass is 9.99. The molecule has 0 spiro atoms. The van der Waals surface area contributed by atoms with Gasteiger partial charge < -0.3 is 10.4 Å². The summed E-state index contributed by atoms with van der Waals surface area (Å²) in [5.74, 6) is 0. The van der Waals surface area contributed by atoms with E-state index in [0.717, 1.165) is 25.1 Å². The molecule has 4 heteroatoms. The van der Waals surface area contributed by atoms with Crippen LogP contribution in [0.15, 0.2) is 5.51 Å². The normalized spacial score (nSPS) is 29.1.